The molecular weight excluding hydrogens is 457 g/mol. The maximum Gasteiger partial charge on any atom is 0.225 e. The Labute approximate surface area is 176 Å². The minimum absolute atomic E-state index is 0. The highest BCUT2D eigenvalue weighted by molar-refractivity contribution is 14.0. The number of anilines is 1. The third kappa shape index (κ3) is 5.99. The van der Waals surface area contributed by atoms with E-state index in [0.29, 0.717) is 6.54 Å². The van der Waals surface area contributed by atoms with Gasteiger partial charge in [0, 0.05) is 57.5 Å². The predicted molar refractivity (Wildman–Crippen MR) is 116 cm³/mol. The first kappa shape index (κ1) is 21.3. The fraction of sp³-hybridized carbons (Fsp3) is 0.444. The molecule has 1 saturated heterocycles. The number of piperazine rings is 1. The fourth-order valence-corrected chi connectivity index (χ4v) is 2.86. The van der Waals surface area contributed by atoms with Gasteiger partial charge in [0.25, 0.3) is 0 Å². The van der Waals surface area contributed by atoms with E-state index in [4.69, 9.17) is 0 Å². The lowest BCUT2D eigenvalue weighted by molar-refractivity contribution is 0.186. The van der Waals surface area contributed by atoms with Crippen molar-refractivity contribution in [3.63, 3.8) is 0 Å². The van der Waals surface area contributed by atoms with Crippen LogP contribution in [0.4, 0.5) is 5.95 Å². The molecule has 3 rings (SSSR count). The number of halogens is 1. The number of pyridine rings is 1. The van der Waals surface area contributed by atoms with Gasteiger partial charge in [-0.2, -0.15) is 0 Å². The highest BCUT2D eigenvalue weighted by Crippen LogP contribution is 2.13. The van der Waals surface area contributed by atoms with Crippen molar-refractivity contribution >= 4 is 35.9 Å². The number of nitrogens with zero attached hydrogens (tertiary/aromatic N) is 6. The quantitative estimate of drug-likeness (QED) is 0.377. The van der Waals surface area contributed by atoms with Crippen LogP contribution in [0.5, 0.6) is 0 Å². The lowest BCUT2D eigenvalue weighted by Crippen LogP contribution is -2.53. The molecule has 1 atom stereocenters. The first-order valence-corrected chi connectivity index (χ1v) is 8.91. The molecule has 2 N–H and O–H groups in total. The number of rotatable bonds is 5. The summed E-state index contributed by atoms with van der Waals surface area (Å²) in [5.74, 6) is 1.59. The fourth-order valence-electron chi connectivity index (χ4n) is 2.86. The highest BCUT2D eigenvalue weighted by Gasteiger charge is 2.21. The Morgan fingerprint density at radius 3 is 2.44 bits per heavy atom. The second kappa shape index (κ2) is 11.0. The van der Waals surface area contributed by atoms with Crippen LogP contribution < -0.4 is 10.2 Å². The number of aliphatic hydroxyl groups excluding tert-OH is 1. The van der Waals surface area contributed by atoms with Gasteiger partial charge in [-0.25, -0.2) is 9.97 Å². The molecule has 0 amide bonds. The first-order chi connectivity index (χ1) is 12.8. The van der Waals surface area contributed by atoms with Crippen molar-refractivity contribution in [2.24, 2.45) is 4.99 Å². The van der Waals surface area contributed by atoms with Gasteiger partial charge in [0.15, 0.2) is 5.96 Å². The Hall–Kier alpha value is -2.01. The lowest BCUT2D eigenvalue weighted by Gasteiger charge is -2.36. The molecule has 146 valence electrons. The molecular formula is C18H26IN7O. The zero-order chi connectivity index (χ0) is 18.2. The van der Waals surface area contributed by atoms with Crippen LogP contribution in [-0.4, -0.2) is 70.2 Å². The summed E-state index contributed by atoms with van der Waals surface area (Å²) in [4.78, 5) is 21.6. The van der Waals surface area contributed by atoms with Gasteiger partial charge in [0.2, 0.25) is 5.95 Å². The van der Waals surface area contributed by atoms with Crippen LogP contribution in [0.15, 0.2) is 48.0 Å². The van der Waals surface area contributed by atoms with Gasteiger partial charge in [-0.05, 0) is 30.7 Å². The van der Waals surface area contributed by atoms with E-state index in [1.807, 2.05) is 25.1 Å². The normalized spacial score (nSPS) is 15.9. The summed E-state index contributed by atoms with van der Waals surface area (Å²) in [6.07, 6.45) is 6.25. The molecule has 8 nitrogen and oxygen atoms in total. The summed E-state index contributed by atoms with van der Waals surface area (Å²) in [5, 5.41) is 13.6. The summed E-state index contributed by atoms with van der Waals surface area (Å²) in [5.41, 5.74) is 0.825. The van der Waals surface area contributed by atoms with Crippen LogP contribution in [0.1, 0.15) is 18.6 Å². The summed E-state index contributed by atoms with van der Waals surface area (Å²) in [6.45, 7) is 6.47. The summed E-state index contributed by atoms with van der Waals surface area (Å²) in [6, 6.07) is 5.45. The second-order valence-corrected chi connectivity index (χ2v) is 6.01. The van der Waals surface area contributed by atoms with Gasteiger partial charge in [-0.1, -0.05) is 0 Å². The van der Waals surface area contributed by atoms with Crippen molar-refractivity contribution in [3.8, 4) is 0 Å². The van der Waals surface area contributed by atoms with Crippen molar-refractivity contribution in [1.82, 2.24) is 25.2 Å². The molecule has 1 unspecified atom stereocenters. The van der Waals surface area contributed by atoms with Crippen LogP contribution >= 0.6 is 24.0 Å². The number of aliphatic hydroxyl groups is 1. The standard InChI is InChI=1S/C18H25N7O.HI/c1-2-20-17(23-14-16(26)15-4-8-19-9-5-15)24-10-12-25(13-11-24)18-21-6-3-7-22-18;/h3-9,16,26H,2,10-14H2,1H3,(H,20,23);1H. The molecule has 1 fully saturated rings. The van der Waals surface area contributed by atoms with Crippen LogP contribution in [0.3, 0.4) is 0 Å². The lowest BCUT2D eigenvalue weighted by atomic mass is 10.1. The molecule has 0 aromatic carbocycles. The minimum atomic E-state index is -0.634. The summed E-state index contributed by atoms with van der Waals surface area (Å²) in [7, 11) is 0. The molecule has 1 aliphatic rings. The molecule has 0 saturated carbocycles. The van der Waals surface area contributed by atoms with Gasteiger partial charge < -0.3 is 20.2 Å². The van der Waals surface area contributed by atoms with Crippen molar-refractivity contribution in [2.45, 2.75) is 13.0 Å². The van der Waals surface area contributed by atoms with Gasteiger partial charge in [-0.3, -0.25) is 9.98 Å². The molecule has 0 aliphatic carbocycles. The molecule has 27 heavy (non-hydrogen) atoms. The van der Waals surface area contributed by atoms with Gasteiger partial charge in [0.1, 0.15) is 0 Å². The third-order valence-electron chi connectivity index (χ3n) is 4.25. The Balaban J connectivity index is 0.00000261. The minimum Gasteiger partial charge on any atom is -0.386 e. The Morgan fingerprint density at radius 2 is 1.81 bits per heavy atom. The number of guanidine groups is 1. The van der Waals surface area contributed by atoms with Crippen molar-refractivity contribution in [3.05, 3.63) is 48.5 Å². The largest absolute Gasteiger partial charge is 0.386 e. The van der Waals surface area contributed by atoms with Crippen molar-refractivity contribution < 1.29 is 5.11 Å². The van der Waals surface area contributed by atoms with E-state index >= 15 is 0 Å². The van der Waals surface area contributed by atoms with E-state index in [2.05, 4.69) is 35.1 Å². The van der Waals surface area contributed by atoms with Crippen molar-refractivity contribution in [1.29, 1.82) is 0 Å². The molecule has 0 bridgehead atoms. The number of hydrogen-bond donors (Lipinski definition) is 2. The van der Waals surface area contributed by atoms with Gasteiger partial charge >= 0.3 is 0 Å². The van der Waals surface area contributed by atoms with Crippen LogP contribution in [0, 0.1) is 0 Å². The second-order valence-electron chi connectivity index (χ2n) is 6.01. The molecule has 0 spiro atoms. The van der Waals surface area contributed by atoms with E-state index in [9.17, 15) is 5.11 Å². The number of aliphatic imine (C=N–C) groups is 1. The maximum atomic E-state index is 10.3. The van der Waals surface area contributed by atoms with E-state index in [1.54, 1.807) is 24.8 Å². The maximum absolute atomic E-state index is 10.3. The third-order valence-corrected chi connectivity index (χ3v) is 4.25. The van der Waals surface area contributed by atoms with E-state index in [-0.39, 0.29) is 24.0 Å². The molecule has 1 aliphatic heterocycles. The molecule has 2 aromatic heterocycles. The topological polar surface area (TPSA) is 89.8 Å². The Bertz CT molecular complexity index is 693. The monoisotopic (exact) mass is 483 g/mol. The van der Waals surface area contributed by atoms with Crippen LogP contribution in [0.2, 0.25) is 0 Å². The smallest absolute Gasteiger partial charge is 0.225 e. The van der Waals surface area contributed by atoms with E-state index in [1.165, 1.54) is 0 Å². The average Bonchev–Trinajstić information content (AvgIpc) is 2.72. The summed E-state index contributed by atoms with van der Waals surface area (Å²) < 4.78 is 0. The SMILES string of the molecule is CCNC(=NCC(O)c1ccncc1)N1CCN(c2ncccn2)CC1.I. The zero-order valence-corrected chi connectivity index (χ0v) is 17.7. The molecule has 9 heteroatoms. The summed E-state index contributed by atoms with van der Waals surface area (Å²) >= 11 is 0. The van der Waals surface area contributed by atoms with E-state index < -0.39 is 6.10 Å². The highest BCUT2D eigenvalue weighted by atomic mass is 127. The molecule has 2 aromatic rings. The zero-order valence-electron chi connectivity index (χ0n) is 15.4. The Morgan fingerprint density at radius 1 is 1.15 bits per heavy atom. The van der Waals surface area contributed by atoms with Crippen LogP contribution in [0.25, 0.3) is 0 Å². The molecule has 3 heterocycles. The van der Waals surface area contributed by atoms with Gasteiger partial charge in [-0.15, -0.1) is 24.0 Å². The van der Waals surface area contributed by atoms with E-state index in [0.717, 1.165) is 50.2 Å². The Kier molecular flexibility index (Phi) is 8.65. The van der Waals surface area contributed by atoms with Crippen LogP contribution in [-0.2, 0) is 0 Å². The number of aromatic nitrogens is 3. The molecule has 0 radical (unpaired) electrons. The van der Waals surface area contributed by atoms with Gasteiger partial charge in [0.05, 0.1) is 12.6 Å². The predicted octanol–water partition coefficient (Wildman–Crippen LogP) is 1.31. The number of hydrogen-bond acceptors (Lipinski definition) is 6. The average molecular weight is 483 g/mol. The number of nitrogens with one attached hydrogen (secondary N) is 1. The van der Waals surface area contributed by atoms with Crippen molar-refractivity contribution in [2.75, 3.05) is 44.2 Å². The first-order valence-electron chi connectivity index (χ1n) is 8.91.